The Labute approximate surface area is 200 Å². The predicted octanol–water partition coefficient (Wildman–Crippen LogP) is 4.96. The maximum atomic E-state index is 13.3. The largest absolute Gasteiger partial charge is 0.459 e. The predicted molar refractivity (Wildman–Crippen MR) is 126 cm³/mol. The summed E-state index contributed by atoms with van der Waals surface area (Å²) in [7, 11) is 0. The van der Waals surface area contributed by atoms with Crippen molar-refractivity contribution in [3.8, 4) is 28.5 Å². The molecule has 0 bridgehead atoms. The van der Waals surface area contributed by atoms with Gasteiger partial charge in [0, 0.05) is 44.1 Å². The van der Waals surface area contributed by atoms with Crippen LogP contribution in [0, 0.1) is 11.3 Å². The number of imidazole rings is 1. The number of fused-ring (bicyclic) bond motifs is 1. The van der Waals surface area contributed by atoms with Crippen LogP contribution in [0.1, 0.15) is 17.8 Å². The molecular formula is C26H23F3N6. The standard InChI is InChI=1S/C26H23F3N6/c27-26(28,29)34-12-4-11-33(13-14-34)18-23-25(20-7-9-22(15-30)31-16-20)32-24-10-8-21(17-35(23)24)19-5-2-1-3-6-19/h1-3,5-10,16-17H,4,11-14,18H2. The van der Waals surface area contributed by atoms with E-state index >= 15 is 0 Å². The van der Waals surface area contributed by atoms with E-state index in [0.29, 0.717) is 42.3 Å². The van der Waals surface area contributed by atoms with Crippen LogP contribution < -0.4 is 0 Å². The van der Waals surface area contributed by atoms with E-state index in [0.717, 1.165) is 28.0 Å². The van der Waals surface area contributed by atoms with Crippen molar-refractivity contribution in [2.45, 2.75) is 19.3 Å². The molecule has 5 rings (SSSR count). The zero-order chi connectivity index (χ0) is 24.4. The molecule has 1 aliphatic heterocycles. The Balaban J connectivity index is 1.55. The summed E-state index contributed by atoms with van der Waals surface area (Å²) in [5.74, 6) is 0. The van der Waals surface area contributed by atoms with Crippen molar-refractivity contribution in [2.75, 3.05) is 26.2 Å². The van der Waals surface area contributed by atoms with Gasteiger partial charge in [0.05, 0.1) is 11.4 Å². The Morgan fingerprint density at radius 3 is 2.40 bits per heavy atom. The summed E-state index contributed by atoms with van der Waals surface area (Å²) in [5.41, 5.74) is 5.48. The van der Waals surface area contributed by atoms with Gasteiger partial charge in [-0.05, 0) is 48.4 Å². The van der Waals surface area contributed by atoms with Gasteiger partial charge < -0.3 is 4.40 Å². The van der Waals surface area contributed by atoms with Crippen LogP contribution in [0.15, 0.2) is 67.0 Å². The molecule has 178 valence electrons. The Morgan fingerprint density at radius 1 is 0.886 bits per heavy atom. The number of nitriles is 1. The van der Waals surface area contributed by atoms with Crippen LogP contribution in [-0.2, 0) is 6.54 Å². The van der Waals surface area contributed by atoms with Crippen molar-refractivity contribution in [3.63, 3.8) is 0 Å². The second-order valence-electron chi connectivity index (χ2n) is 8.55. The first-order valence-corrected chi connectivity index (χ1v) is 11.4. The summed E-state index contributed by atoms with van der Waals surface area (Å²) in [6.45, 7) is 1.24. The highest BCUT2D eigenvalue weighted by Crippen LogP contribution is 2.29. The number of alkyl halides is 3. The van der Waals surface area contributed by atoms with E-state index in [9.17, 15) is 13.2 Å². The minimum absolute atomic E-state index is 0.00227. The molecule has 1 fully saturated rings. The van der Waals surface area contributed by atoms with Gasteiger partial charge >= 0.3 is 6.30 Å². The van der Waals surface area contributed by atoms with E-state index < -0.39 is 6.30 Å². The Bertz CT molecular complexity index is 1360. The number of hydrogen-bond acceptors (Lipinski definition) is 5. The molecule has 6 nitrogen and oxygen atoms in total. The second kappa shape index (κ2) is 9.49. The number of benzene rings is 1. The topological polar surface area (TPSA) is 60.5 Å². The second-order valence-corrected chi connectivity index (χ2v) is 8.55. The third-order valence-corrected chi connectivity index (χ3v) is 6.30. The van der Waals surface area contributed by atoms with Crippen LogP contribution in [0.25, 0.3) is 28.0 Å². The monoisotopic (exact) mass is 476 g/mol. The van der Waals surface area contributed by atoms with Gasteiger partial charge in [-0.3, -0.25) is 4.90 Å². The summed E-state index contributed by atoms with van der Waals surface area (Å²) in [4.78, 5) is 11.7. The van der Waals surface area contributed by atoms with Crippen molar-refractivity contribution in [1.82, 2.24) is 24.2 Å². The fourth-order valence-electron chi connectivity index (χ4n) is 4.47. The minimum Gasteiger partial charge on any atom is -0.301 e. The zero-order valence-electron chi connectivity index (χ0n) is 18.9. The number of pyridine rings is 2. The quantitative estimate of drug-likeness (QED) is 0.390. The third-order valence-electron chi connectivity index (χ3n) is 6.30. The summed E-state index contributed by atoms with van der Waals surface area (Å²) in [5, 5.41) is 9.11. The average molecular weight is 477 g/mol. The highest BCUT2D eigenvalue weighted by Gasteiger charge is 2.37. The lowest BCUT2D eigenvalue weighted by molar-refractivity contribution is -0.244. The highest BCUT2D eigenvalue weighted by atomic mass is 19.4. The summed E-state index contributed by atoms with van der Waals surface area (Å²) in [6, 6.07) is 19.4. The number of aromatic nitrogens is 3. The molecule has 0 saturated carbocycles. The fraction of sp³-hybridized carbons (Fsp3) is 0.269. The normalized spacial score (nSPS) is 15.7. The third kappa shape index (κ3) is 4.90. The molecule has 0 amide bonds. The van der Waals surface area contributed by atoms with Crippen LogP contribution >= 0.6 is 0 Å². The highest BCUT2D eigenvalue weighted by molar-refractivity contribution is 5.70. The summed E-state index contributed by atoms with van der Waals surface area (Å²) < 4.78 is 41.8. The minimum atomic E-state index is -4.32. The van der Waals surface area contributed by atoms with Gasteiger partial charge in [-0.2, -0.15) is 18.4 Å². The van der Waals surface area contributed by atoms with E-state index in [1.165, 1.54) is 0 Å². The summed E-state index contributed by atoms with van der Waals surface area (Å²) in [6.07, 6.45) is -0.244. The maximum absolute atomic E-state index is 13.3. The van der Waals surface area contributed by atoms with E-state index in [-0.39, 0.29) is 13.1 Å². The molecule has 0 atom stereocenters. The van der Waals surface area contributed by atoms with E-state index in [1.807, 2.05) is 70.1 Å². The van der Waals surface area contributed by atoms with E-state index in [2.05, 4.69) is 4.98 Å². The van der Waals surface area contributed by atoms with Crippen molar-refractivity contribution in [2.24, 2.45) is 0 Å². The number of nitrogens with zero attached hydrogens (tertiary/aromatic N) is 6. The van der Waals surface area contributed by atoms with E-state index in [1.54, 1.807) is 12.3 Å². The lowest BCUT2D eigenvalue weighted by atomic mass is 10.1. The number of hydrogen-bond donors (Lipinski definition) is 0. The average Bonchev–Trinajstić information content (AvgIpc) is 3.04. The molecule has 0 spiro atoms. The summed E-state index contributed by atoms with van der Waals surface area (Å²) >= 11 is 0. The van der Waals surface area contributed by atoms with Gasteiger partial charge in [-0.15, -0.1) is 0 Å². The molecule has 0 unspecified atom stereocenters. The SMILES string of the molecule is N#Cc1ccc(-c2nc3ccc(-c4ccccc4)cn3c2CN2CCCN(C(F)(F)F)CC2)cn1. The molecule has 1 aliphatic rings. The first-order chi connectivity index (χ1) is 16.9. The van der Waals surface area contributed by atoms with Gasteiger partial charge in [0.2, 0.25) is 0 Å². The van der Waals surface area contributed by atoms with Crippen molar-refractivity contribution in [1.29, 1.82) is 5.26 Å². The smallest absolute Gasteiger partial charge is 0.301 e. The van der Waals surface area contributed by atoms with Crippen LogP contribution in [0.4, 0.5) is 13.2 Å². The molecule has 4 heterocycles. The van der Waals surface area contributed by atoms with Crippen molar-refractivity contribution < 1.29 is 13.2 Å². The molecule has 35 heavy (non-hydrogen) atoms. The first-order valence-electron chi connectivity index (χ1n) is 11.4. The molecular weight excluding hydrogens is 453 g/mol. The van der Waals surface area contributed by atoms with Crippen LogP contribution in [0.5, 0.6) is 0 Å². The lowest BCUT2D eigenvalue weighted by Gasteiger charge is -2.23. The molecule has 0 N–H and O–H groups in total. The van der Waals surface area contributed by atoms with Gasteiger partial charge in [0.1, 0.15) is 17.4 Å². The molecule has 9 heteroatoms. The lowest BCUT2D eigenvalue weighted by Crippen LogP contribution is -2.40. The number of halogens is 3. The zero-order valence-corrected chi connectivity index (χ0v) is 18.9. The molecule has 4 aromatic rings. The Kier molecular flexibility index (Phi) is 6.24. The molecule has 1 saturated heterocycles. The molecule has 1 aromatic carbocycles. The van der Waals surface area contributed by atoms with E-state index in [4.69, 9.17) is 10.2 Å². The van der Waals surface area contributed by atoms with Crippen molar-refractivity contribution in [3.05, 3.63) is 78.4 Å². The molecule has 3 aromatic heterocycles. The van der Waals surface area contributed by atoms with Crippen LogP contribution in [-0.4, -0.2) is 56.6 Å². The Hall–Kier alpha value is -3.74. The Morgan fingerprint density at radius 2 is 1.69 bits per heavy atom. The van der Waals surface area contributed by atoms with Crippen molar-refractivity contribution >= 4 is 5.65 Å². The molecule has 0 aliphatic carbocycles. The molecule has 0 radical (unpaired) electrons. The number of rotatable bonds is 4. The van der Waals surface area contributed by atoms with Gasteiger partial charge in [0.15, 0.2) is 0 Å². The van der Waals surface area contributed by atoms with Crippen LogP contribution in [0.2, 0.25) is 0 Å². The fourth-order valence-corrected chi connectivity index (χ4v) is 4.47. The van der Waals surface area contributed by atoms with Gasteiger partial charge in [-0.1, -0.05) is 30.3 Å². The van der Waals surface area contributed by atoms with Gasteiger partial charge in [-0.25, -0.2) is 14.9 Å². The van der Waals surface area contributed by atoms with Crippen LogP contribution in [0.3, 0.4) is 0 Å². The maximum Gasteiger partial charge on any atom is 0.459 e. The first kappa shape index (κ1) is 23.0. The van der Waals surface area contributed by atoms with Gasteiger partial charge in [0.25, 0.3) is 0 Å².